The number of carbonyl (C=O) groups is 1. The average Bonchev–Trinajstić information content (AvgIpc) is 3.42. The van der Waals surface area contributed by atoms with Crippen LogP contribution in [0.15, 0.2) is 72.5 Å². The molecule has 0 bridgehead atoms. The van der Waals surface area contributed by atoms with Gasteiger partial charge in [-0.1, -0.05) is 48.2 Å². The highest BCUT2D eigenvalue weighted by atomic mass is 32.2. The van der Waals surface area contributed by atoms with Crippen molar-refractivity contribution < 1.29 is 13.9 Å². The second-order valence-electron chi connectivity index (χ2n) is 7.39. The first-order valence-electron chi connectivity index (χ1n) is 10.6. The topological polar surface area (TPSA) is 85.7 Å². The number of fused-ring (bicyclic) bond motifs is 1. The van der Waals surface area contributed by atoms with Gasteiger partial charge in [0.15, 0.2) is 28.3 Å². The van der Waals surface area contributed by atoms with Gasteiger partial charge in [-0.2, -0.15) is 5.26 Å². The number of ether oxygens (including phenoxy) is 1. The van der Waals surface area contributed by atoms with Crippen LogP contribution in [-0.2, 0) is 19.7 Å². The van der Waals surface area contributed by atoms with Crippen molar-refractivity contribution in [2.75, 3.05) is 5.75 Å². The van der Waals surface area contributed by atoms with E-state index in [4.69, 9.17) is 10.00 Å². The molecular formula is C25H22FN5O2S. The van der Waals surface area contributed by atoms with Crippen molar-refractivity contribution >= 4 is 28.4 Å². The van der Waals surface area contributed by atoms with E-state index in [2.05, 4.69) is 22.8 Å². The van der Waals surface area contributed by atoms with Crippen molar-refractivity contribution in [1.82, 2.24) is 19.3 Å². The van der Waals surface area contributed by atoms with Gasteiger partial charge in [-0.05, 0) is 18.2 Å². The highest BCUT2D eigenvalue weighted by molar-refractivity contribution is 7.99. The number of allylic oxidation sites excluding steroid dienone is 1. The lowest BCUT2D eigenvalue weighted by atomic mass is 10.1. The fourth-order valence-corrected chi connectivity index (χ4v) is 4.43. The van der Waals surface area contributed by atoms with E-state index in [1.165, 1.54) is 17.8 Å². The molecule has 0 amide bonds. The summed E-state index contributed by atoms with van der Waals surface area (Å²) < 4.78 is 23.2. The van der Waals surface area contributed by atoms with Crippen LogP contribution in [0.3, 0.4) is 0 Å². The number of para-hydroxylation sites is 2. The van der Waals surface area contributed by atoms with Crippen LogP contribution in [-0.4, -0.2) is 30.9 Å². The summed E-state index contributed by atoms with van der Waals surface area (Å²) >= 11 is 1.27. The van der Waals surface area contributed by atoms with Crippen molar-refractivity contribution in [2.45, 2.75) is 31.3 Å². The molecule has 7 nitrogen and oxygen atoms in total. The Morgan fingerprint density at radius 1 is 1.21 bits per heavy atom. The Balaban J connectivity index is 1.49. The second kappa shape index (κ2) is 10.8. The van der Waals surface area contributed by atoms with E-state index in [0.717, 1.165) is 10.9 Å². The zero-order valence-corrected chi connectivity index (χ0v) is 19.2. The van der Waals surface area contributed by atoms with E-state index < -0.39 is 5.82 Å². The van der Waals surface area contributed by atoms with Crippen molar-refractivity contribution in [3.05, 3.63) is 84.6 Å². The molecule has 4 rings (SSSR count). The number of nitriles is 1. The smallest absolute Gasteiger partial charge is 0.192 e. The minimum Gasteiger partial charge on any atom is -0.483 e. The molecule has 0 saturated carbocycles. The molecule has 34 heavy (non-hydrogen) atoms. The number of hydrogen-bond acceptors (Lipinski definition) is 6. The molecule has 0 aliphatic heterocycles. The molecule has 0 fully saturated rings. The van der Waals surface area contributed by atoms with Crippen LogP contribution in [0.2, 0.25) is 0 Å². The molecule has 2 aromatic heterocycles. The summed E-state index contributed by atoms with van der Waals surface area (Å²) in [6, 6.07) is 16.0. The van der Waals surface area contributed by atoms with Gasteiger partial charge >= 0.3 is 0 Å². The third-order valence-electron chi connectivity index (χ3n) is 5.18. The highest BCUT2D eigenvalue weighted by Gasteiger charge is 2.18. The van der Waals surface area contributed by atoms with Gasteiger partial charge in [-0.3, -0.25) is 9.36 Å². The first-order valence-corrected chi connectivity index (χ1v) is 11.6. The van der Waals surface area contributed by atoms with Crippen LogP contribution in [0, 0.1) is 17.1 Å². The number of ketones is 1. The SMILES string of the molecule is C=CCn1c(COc2ccccc2F)nnc1SCC(=O)c1cn(CCC#N)c2ccccc12. The van der Waals surface area contributed by atoms with E-state index in [1.807, 2.05) is 35.0 Å². The number of thioether (sulfide) groups is 1. The maximum absolute atomic E-state index is 13.9. The number of carbonyl (C=O) groups excluding carboxylic acids is 1. The standard InChI is InChI=1S/C25H22FN5O2S/c1-2-13-31-24(16-33-23-11-6-4-9-20(23)26)28-29-25(31)34-17-22(32)19-15-30(14-7-12-27)21-10-5-3-8-18(19)21/h2-6,8-11,15H,1,7,13-14,16-17H2. The van der Waals surface area contributed by atoms with Crippen molar-refractivity contribution in [3.63, 3.8) is 0 Å². The number of halogens is 1. The molecule has 0 radical (unpaired) electrons. The molecule has 172 valence electrons. The number of hydrogen-bond donors (Lipinski definition) is 0. The number of Topliss-reactive ketones (excluding diaryl/α,β-unsaturated/α-hetero) is 1. The lowest BCUT2D eigenvalue weighted by Crippen LogP contribution is -2.09. The van der Waals surface area contributed by atoms with Gasteiger partial charge in [0.2, 0.25) is 0 Å². The van der Waals surface area contributed by atoms with Crippen molar-refractivity contribution in [2.24, 2.45) is 0 Å². The highest BCUT2D eigenvalue weighted by Crippen LogP contribution is 2.26. The predicted molar refractivity (Wildman–Crippen MR) is 128 cm³/mol. The fraction of sp³-hybridized carbons (Fsp3) is 0.200. The van der Waals surface area contributed by atoms with Crippen molar-refractivity contribution in [1.29, 1.82) is 5.26 Å². The molecule has 0 aliphatic carbocycles. The van der Waals surface area contributed by atoms with Gasteiger partial charge in [0.05, 0.1) is 18.2 Å². The van der Waals surface area contributed by atoms with Gasteiger partial charge in [0.25, 0.3) is 0 Å². The molecule has 2 aromatic carbocycles. The summed E-state index contributed by atoms with van der Waals surface area (Å²) in [5.74, 6) is 0.301. The summed E-state index contributed by atoms with van der Waals surface area (Å²) in [6.07, 6.45) is 3.88. The van der Waals surface area contributed by atoms with Crippen LogP contribution >= 0.6 is 11.8 Å². The van der Waals surface area contributed by atoms with E-state index in [-0.39, 0.29) is 23.9 Å². The Kier molecular flexibility index (Phi) is 7.40. The largest absolute Gasteiger partial charge is 0.483 e. The van der Waals surface area contributed by atoms with Gasteiger partial charge in [0, 0.05) is 35.8 Å². The molecule has 0 aliphatic rings. The summed E-state index contributed by atoms with van der Waals surface area (Å²) in [4.78, 5) is 13.1. The fourth-order valence-electron chi connectivity index (χ4n) is 3.58. The average molecular weight is 476 g/mol. The number of aromatic nitrogens is 4. The first-order chi connectivity index (χ1) is 16.6. The summed E-state index contributed by atoms with van der Waals surface area (Å²) in [5.41, 5.74) is 1.53. The van der Waals surface area contributed by atoms with Crippen LogP contribution < -0.4 is 4.74 Å². The molecule has 2 heterocycles. The Morgan fingerprint density at radius 2 is 2.00 bits per heavy atom. The quantitative estimate of drug-likeness (QED) is 0.172. The zero-order chi connectivity index (χ0) is 23.9. The van der Waals surface area contributed by atoms with E-state index in [0.29, 0.717) is 36.1 Å². The number of aryl methyl sites for hydroxylation is 1. The van der Waals surface area contributed by atoms with Gasteiger partial charge in [-0.25, -0.2) is 4.39 Å². The molecule has 0 unspecified atom stereocenters. The van der Waals surface area contributed by atoms with Gasteiger partial charge in [0.1, 0.15) is 6.61 Å². The number of nitrogens with zero attached hydrogens (tertiary/aromatic N) is 5. The lowest BCUT2D eigenvalue weighted by Gasteiger charge is -2.09. The minimum atomic E-state index is -0.452. The molecule has 4 aromatic rings. The summed E-state index contributed by atoms with van der Waals surface area (Å²) in [7, 11) is 0. The normalized spacial score (nSPS) is 10.8. The van der Waals surface area contributed by atoms with Crippen LogP contribution in [0.25, 0.3) is 10.9 Å². The van der Waals surface area contributed by atoms with E-state index in [9.17, 15) is 9.18 Å². The minimum absolute atomic E-state index is 0.0304. The monoisotopic (exact) mass is 475 g/mol. The molecule has 0 N–H and O–H groups in total. The van der Waals surface area contributed by atoms with E-state index in [1.54, 1.807) is 28.8 Å². The van der Waals surface area contributed by atoms with Gasteiger partial charge in [-0.15, -0.1) is 16.8 Å². The third kappa shape index (κ3) is 5.02. The Hall–Kier alpha value is -3.90. The first kappa shape index (κ1) is 23.3. The molecule has 9 heteroatoms. The zero-order valence-electron chi connectivity index (χ0n) is 18.4. The molecule has 0 atom stereocenters. The third-order valence-corrected chi connectivity index (χ3v) is 6.15. The Morgan fingerprint density at radius 3 is 2.79 bits per heavy atom. The predicted octanol–water partition coefficient (Wildman–Crippen LogP) is 5.03. The maximum Gasteiger partial charge on any atom is 0.192 e. The van der Waals surface area contributed by atoms with Crippen LogP contribution in [0.5, 0.6) is 5.75 Å². The van der Waals surface area contributed by atoms with Gasteiger partial charge < -0.3 is 9.30 Å². The summed E-state index contributed by atoms with van der Waals surface area (Å²) in [6.45, 7) is 4.75. The lowest BCUT2D eigenvalue weighted by molar-refractivity contribution is 0.102. The van der Waals surface area contributed by atoms with Crippen molar-refractivity contribution in [3.8, 4) is 11.8 Å². The number of rotatable bonds is 11. The summed E-state index contributed by atoms with van der Waals surface area (Å²) in [5, 5.41) is 18.7. The Labute approximate surface area is 200 Å². The molecular weight excluding hydrogens is 453 g/mol. The maximum atomic E-state index is 13.9. The van der Waals surface area contributed by atoms with Crippen LogP contribution in [0.4, 0.5) is 4.39 Å². The Bertz CT molecular complexity index is 1370. The second-order valence-corrected chi connectivity index (χ2v) is 8.33. The number of benzene rings is 2. The molecule has 0 spiro atoms. The van der Waals surface area contributed by atoms with E-state index >= 15 is 0 Å². The van der Waals surface area contributed by atoms with Crippen LogP contribution in [0.1, 0.15) is 22.6 Å². The molecule has 0 saturated heterocycles.